The summed E-state index contributed by atoms with van der Waals surface area (Å²) in [4.78, 5) is 20.8. The third-order valence-electron chi connectivity index (χ3n) is 2.57. The van der Waals surface area contributed by atoms with Gasteiger partial charge >= 0.3 is 7.60 Å². The second-order valence-electron chi connectivity index (χ2n) is 5.75. The zero-order valence-electron chi connectivity index (χ0n) is 13.2. The molecule has 7 nitrogen and oxygen atoms in total. The van der Waals surface area contributed by atoms with Gasteiger partial charge in [-0.25, -0.2) is 0 Å². The van der Waals surface area contributed by atoms with Gasteiger partial charge in [-0.3, -0.25) is 9.09 Å². The van der Waals surface area contributed by atoms with E-state index in [0.717, 1.165) is 0 Å². The summed E-state index contributed by atoms with van der Waals surface area (Å²) in [5.74, 6) is 0.169. The first-order valence-electron chi connectivity index (χ1n) is 6.87. The predicted molar refractivity (Wildman–Crippen MR) is 94.9 cm³/mol. The molecule has 1 aromatic rings. The van der Waals surface area contributed by atoms with Gasteiger partial charge in [-0.1, -0.05) is 0 Å². The van der Waals surface area contributed by atoms with Crippen molar-refractivity contribution >= 4 is 59.6 Å². The molecule has 0 saturated carbocycles. The molecule has 0 bridgehead atoms. The molecule has 0 amide bonds. The van der Waals surface area contributed by atoms with E-state index in [-0.39, 0.29) is 29.5 Å². The molecule has 0 aliphatic heterocycles. The summed E-state index contributed by atoms with van der Waals surface area (Å²) in [6, 6.07) is 0. The molecular weight excluding hydrogens is 423 g/mol. The predicted octanol–water partition coefficient (Wildman–Crippen LogP) is 3.43. The Bertz CT molecular complexity index is 582. The average molecular weight is 441 g/mol. The van der Waals surface area contributed by atoms with Crippen LogP contribution in [0.3, 0.4) is 0 Å². The molecule has 0 aromatic carbocycles. The molecule has 0 aliphatic carbocycles. The number of ether oxygens (including phenoxy) is 1. The second-order valence-corrected chi connectivity index (χ2v) is 9.02. The normalized spacial score (nSPS) is 17.3. The number of rotatable bonds is 8. The Kier molecular flexibility index (Phi) is 8.63. The highest BCUT2D eigenvalue weighted by Gasteiger charge is 2.35. The van der Waals surface area contributed by atoms with E-state index < -0.39 is 30.2 Å². The minimum atomic E-state index is -4.43. The number of aromatic nitrogens is 3. The molecule has 1 N–H and O–H groups in total. The maximum Gasteiger partial charge on any atom is 0.396 e. The highest BCUT2D eigenvalue weighted by Crippen LogP contribution is 2.43. The maximum atomic E-state index is 12.4. The van der Waals surface area contributed by atoms with Crippen LogP contribution >= 0.6 is 54.0 Å². The molecule has 0 aliphatic rings. The van der Waals surface area contributed by atoms with Gasteiger partial charge in [0.25, 0.3) is 0 Å². The molecule has 1 rings (SSSR count). The Morgan fingerprint density at radius 1 is 1.21 bits per heavy atom. The van der Waals surface area contributed by atoms with Gasteiger partial charge in [-0.2, -0.15) is 15.0 Å². The number of nitrogens with zero attached hydrogens (tertiary/aromatic N) is 3. The molecule has 0 fully saturated rings. The summed E-state index contributed by atoms with van der Waals surface area (Å²) in [6.45, 7) is 5.69. The Morgan fingerprint density at radius 3 is 2.21 bits per heavy atom. The standard InChI is InChI=1S/C12H18Cl4N3O4P/c1-12(2,3)22-6-7(14)8(4-5-13)23-24(20,21)11-18-9(15)17-10(16)19-11/h7-8H,4-6H2,1-3H3,(H,20,21). The lowest BCUT2D eigenvalue weighted by atomic mass is 10.1. The molecule has 3 atom stereocenters. The molecule has 0 radical (unpaired) electrons. The highest BCUT2D eigenvalue weighted by molar-refractivity contribution is 7.60. The van der Waals surface area contributed by atoms with Crippen molar-refractivity contribution in [3.63, 3.8) is 0 Å². The Hall–Kier alpha value is 0.280. The maximum absolute atomic E-state index is 12.4. The van der Waals surface area contributed by atoms with Gasteiger partial charge in [-0.15, -0.1) is 23.2 Å². The lowest BCUT2D eigenvalue weighted by Gasteiger charge is -2.27. The van der Waals surface area contributed by atoms with Crippen molar-refractivity contribution in [1.29, 1.82) is 0 Å². The average Bonchev–Trinajstić information content (AvgIpc) is 2.42. The molecule has 12 heteroatoms. The molecule has 0 spiro atoms. The lowest BCUT2D eigenvalue weighted by Crippen LogP contribution is -2.34. The largest absolute Gasteiger partial charge is 0.396 e. The van der Waals surface area contributed by atoms with E-state index in [4.69, 9.17) is 55.7 Å². The SMILES string of the molecule is CC(C)(C)OCC(Cl)C(CCCl)OP(=O)(O)c1nc(Cl)nc(Cl)n1. The van der Waals surface area contributed by atoms with Crippen LogP contribution in [-0.4, -0.2) is 49.4 Å². The van der Waals surface area contributed by atoms with E-state index in [1.54, 1.807) is 0 Å². The number of hydrogen-bond donors (Lipinski definition) is 1. The summed E-state index contributed by atoms with van der Waals surface area (Å²) in [6.07, 6.45) is -0.642. The Morgan fingerprint density at radius 2 is 1.75 bits per heavy atom. The third kappa shape index (κ3) is 7.67. The van der Waals surface area contributed by atoms with E-state index in [2.05, 4.69) is 15.0 Å². The van der Waals surface area contributed by atoms with Gasteiger partial charge in [0.1, 0.15) is 0 Å². The van der Waals surface area contributed by atoms with Crippen molar-refractivity contribution in [2.24, 2.45) is 0 Å². The molecule has 1 aromatic heterocycles. The second kappa shape index (κ2) is 9.28. The van der Waals surface area contributed by atoms with Crippen LogP contribution in [0.2, 0.25) is 10.6 Å². The van der Waals surface area contributed by atoms with E-state index in [0.29, 0.717) is 0 Å². The van der Waals surface area contributed by atoms with Crippen LogP contribution in [0.1, 0.15) is 27.2 Å². The fourth-order valence-corrected chi connectivity index (χ4v) is 3.68. The van der Waals surface area contributed by atoms with Crippen LogP contribution in [0.5, 0.6) is 0 Å². The van der Waals surface area contributed by atoms with Crippen molar-refractivity contribution < 1.29 is 18.7 Å². The van der Waals surface area contributed by atoms with E-state index in [1.807, 2.05) is 20.8 Å². The van der Waals surface area contributed by atoms with Gasteiger partial charge in [0.15, 0.2) is 0 Å². The molecule has 1 heterocycles. The van der Waals surface area contributed by atoms with Crippen LogP contribution in [-0.2, 0) is 13.8 Å². The van der Waals surface area contributed by atoms with E-state index >= 15 is 0 Å². The molecule has 138 valence electrons. The molecule has 24 heavy (non-hydrogen) atoms. The fourth-order valence-electron chi connectivity index (χ4n) is 1.52. The minimum absolute atomic E-state index is 0.103. The van der Waals surface area contributed by atoms with Gasteiger partial charge in [0.05, 0.1) is 23.7 Å². The summed E-state index contributed by atoms with van der Waals surface area (Å²) in [7, 11) is -4.43. The van der Waals surface area contributed by atoms with Gasteiger partial charge < -0.3 is 9.63 Å². The van der Waals surface area contributed by atoms with E-state index in [9.17, 15) is 9.46 Å². The molecule has 3 unspecified atom stereocenters. The van der Waals surface area contributed by atoms with Gasteiger partial charge in [-0.05, 0) is 50.4 Å². The summed E-state index contributed by atoms with van der Waals surface area (Å²) in [5, 5.41) is -1.36. The number of alkyl halides is 2. The van der Waals surface area contributed by atoms with Crippen LogP contribution in [0.4, 0.5) is 0 Å². The van der Waals surface area contributed by atoms with Crippen molar-refractivity contribution in [2.45, 2.75) is 44.3 Å². The van der Waals surface area contributed by atoms with Gasteiger partial charge in [0.2, 0.25) is 16.1 Å². The smallest absolute Gasteiger partial charge is 0.374 e. The fraction of sp³-hybridized carbons (Fsp3) is 0.750. The Labute approximate surface area is 160 Å². The monoisotopic (exact) mass is 439 g/mol. The number of hydrogen-bond acceptors (Lipinski definition) is 6. The first-order valence-corrected chi connectivity index (χ1v) is 10.2. The number of halogens is 4. The topological polar surface area (TPSA) is 94.4 Å². The zero-order valence-corrected chi connectivity index (χ0v) is 17.2. The first-order chi connectivity index (χ1) is 10.9. The minimum Gasteiger partial charge on any atom is -0.374 e. The quantitative estimate of drug-likeness (QED) is 0.488. The van der Waals surface area contributed by atoms with Crippen LogP contribution in [0, 0.1) is 0 Å². The van der Waals surface area contributed by atoms with Crippen LogP contribution in [0.25, 0.3) is 0 Å². The first kappa shape index (κ1) is 22.3. The van der Waals surface area contributed by atoms with Crippen LogP contribution < -0.4 is 5.57 Å². The lowest BCUT2D eigenvalue weighted by molar-refractivity contribution is -0.0143. The zero-order chi connectivity index (χ0) is 18.5. The van der Waals surface area contributed by atoms with Crippen molar-refractivity contribution in [2.75, 3.05) is 12.5 Å². The highest BCUT2D eigenvalue weighted by atomic mass is 35.5. The van der Waals surface area contributed by atoms with Crippen molar-refractivity contribution in [3.05, 3.63) is 10.6 Å². The van der Waals surface area contributed by atoms with Crippen molar-refractivity contribution in [3.8, 4) is 0 Å². The van der Waals surface area contributed by atoms with E-state index in [1.165, 1.54) is 0 Å². The van der Waals surface area contributed by atoms with Crippen LogP contribution in [0.15, 0.2) is 0 Å². The molecular formula is C12H18Cl4N3O4P. The Balaban J connectivity index is 2.90. The van der Waals surface area contributed by atoms with Crippen molar-refractivity contribution in [1.82, 2.24) is 15.0 Å². The molecule has 0 saturated heterocycles. The van der Waals surface area contributed by atoms with Gasteiger partial charge in [0, 0.05) is 5.88 Å². The third-order valence-corrected chi connectivity index (χ3v) is 4.80. The summed E-state index contributed by atoms with van der Waals surface area (Å²) >= 11 is 23.2. The summed E-state index contributed by atoms with van der Waals surface area (Å²) < 4.78 is 23.2. The summed E-state index contributed by atoms with van der Waals surface area (Å²) in [5.41, 5.74) is -0.982.